The lowest BCUT2D eigenvalue weighted by molar-refractivity contribution is 0.100. The van der Waals surface area contributed by atoms with Gasteiger partial charge in [0.15, 0.2) is 0 Å². The average Bonchev–Trinajstić information content (AvgIpc) is 2.85. The van der Waals surface area contributed by atoms with Crippen molar-refractivity contribution in [1.82, 2.24) is 9.78 Å². The predicted molar refractivity (Wildman–Crippen MR) is 74.8 cm³/mol. The molecule has 0 aliphatic carbocycles. The standard InChI is InChI=1S/C14H17FN4O/c1-2-7-19-11(5-6-18-19)9-17-13-8-10(14(16)20)3-4-12(13)15/h3-6,8,17H,2,7,9H2,1H3,(H2,16,20). The van der Waals surface area contributed by atoms with E-state index in [1.807, 2.05) is 10.7 Å². The summed E-state index contributed by atoms with van der Waals surface area (Å²) in [6, 6.07) is 5.88. The van der Waals surface area contributed by atoms with E-state index in [9.17, 15) is 9.18 Å². The molecule has 0 aliphatic rings. The van der Waals surface area contributed by atoms with Crippen molar-refractivity contribution < 1.29 is 9.18 Å². The third-order valence-corrected chi connectivity index (χ3v) is 2.95. The van der Waals surface area contributed by atoms with Crippen LogP contribution in [0.25, 0.3) is 0 Å². The minimum atomic E-state index is -0.580. The zero-order valence-electron chi connectivity index (χ0n) is 11.3. The normalized spacial score (nSPS) is 10.5. The van der Waals surface area contributed by atoms with E-state index in [1.54, 1.807) is 6.20 Å². The number of hydrogen-bond acceptors (Lipinski definition) is 3. The first-order valence-corrected chi connectivity index (χ1v) is 6.45. The molecule has 1 heterocycles. The van der Waals surface area contributed by atoms with E-state index < -0.39 is 11.7 Å². The molecule has 5 nitrogen and oxygen atoms in total. The van der Waals surface area contributed by atoms with E-state index in [4.69, 9.17) is 5.73 Å². The van der Waals surface area contributed by atoms with Gasteiger partial charge in [-0.1, -0.05) is 6.92 Å². The summed E-state index contributed by atoms with van der Waals surface area (Å²) in [6.45, 7) is 3.31. The Bertz CT molecular complexity index is 609. The quantitative estimate of drug-likeness (QED) is 0.849. The average molecular weight is 276 g/mol. The summed E-state index contributed by atoms with van der Waals surface area (Å²) in [5.41, 5.74) is 6.67. The lowest BCUT2D eigenvalue weighted by atomic mass is 10.2. The van der Waals surface area contributed by atoms with Gasteiger partial charge in [0.25, 0.3) is 0 Å². The van der Waals surface area contributed by atoms with E-state index in [0.717, 1.165) is 18.7 Å². The SMILES string of the molecule is CCCn1nccc1CNc1cc(C(N)=O)ccc1F. The van der Waals surface area contributed by atoms with Crippen molar-refractivity contribution in [2.24, 2.45) is 5.73 Å². The van der Waals surface area contributed by atoms with Gasteiger partial charge in [-0.2, -0.15) is 5.10 Å². The Morgan fingerprint density at radius 3 is 2.95 bits per heavy atom. The summed E-state index contributed by atoms with van der Waals surface area (Å²) in [5.74, 6) is -0.999. The molecule has 1 aromatic heterocycles. The van der Waals surface area contributed by atoms with Crippen molar-refractivity contribution in [3.8, 4) is 0 Å². The molecule has 2 rings (SSSR count). The van der Waals surface area contributed by atoms with Crippen LogP contribution in [-0.4, -0.2) is 15.7 Å². The molecule has 0 atom stereocenters. The first kappa shape index (κ1) is 14.0. The highest BCUT2D eigenvalue weighted by molar-refractivity contribution is 5.93. The number of benzene rings is 1. The largest absolute Gasteiger partial charge is 0.377 e. The summed E-state index contributed by atoms with van der Waals surface area (Å²) in [7, 11) is 0. The molecule has 20 heavy (non-hydrogen) atoms. The molecule has 2 aromatic rings. The number of halogens is 1. The van der Waals surface area contributed by atoms with E-state index in [1.165, 1.54) is 18.2 Å². The fraction of sp³-hybridized carbons (Fsp3) is 0.286. The van der Waals surface area contributed by atoms with E-state index >= 15 is 0 Å². The van der Waals surface area contributed by atoms with Crippen molar-refractivity contribution in [1.29, 1.82) is 0 Å². The van der Waals surface area contributed by atoms with Crippen molar-refractivity contribution in [2.45, 2.75) is 26.4 Å². The summed E-state index contributed by atoms with van der Waals surface area (Å²) in [4.78, 5) is 11.1. The van der Waals surface area contributed by atoms with Gasteiger partial charge in [-0.25, -0.2) is 4.39 Å². The van der Waals surface area contributed by atoms with Crippen LogP contribution in [0.15, 0.2) is 30.5 Å². The second-order valence-electron chi connectivity index (χ2n) is 4.46. The predicted octanol–water partition coefficient (Wildman–Crippen LogP) is 2.14. The summed E-state index contributed by atoms with van der Waals surface area (Å²) >= 11 is 0. The summed E-state index contributed by atoms with van der Waals surface area (Å²) in [6.07, 6.45) is 2.68. The number of amides is 1. The second-order valence-corrected chi connectivity index (χ2v) is 4.46. The zero-order chi connectivity index (χ0) is 14.5. The number of hydrogen-bond donors (Lipinski definition) is 2. The lowest BCUT2D eigenvalue weighted by Crippen LogP contribution is -2.13. The highest BCUT2D eigenvalue weighted by Gasteiger charge is 2.08. The van der Waals surface area contributed by atoms with Gasteiger partial charge in [0.1, 0.15) is 5.82 Å². The smallest absolute Gasteiger partial charge is 0.248 e. The lowest BCUT2D eigenvalue weighted by Gasteiger charge is -2.10. The van der Waals surface area contributed by atoms with Crippen molar-refractivity contribution in [3.63, 3.8) is 0 Å². The van der Waals surface area contributed by atoms with Crippen LogP contribution in [0.3, 0.4) is 0 Å². The van der Waals surface area contributed by atoms with Crippen molar-refractivity contribution >= 4 is 11.6 Å². The van der Waals surface area contributed by atoms with E-state index in [-0.39, 0.29) is 11.3 Å². The Morgan fingerprint density at radius 1 is 1.45 bits per heavy atom. The topological polar surface area (TPSA) is 72.9 Å². The van der Waals surface area contributed by atoms with Crippen LogP contribution in [0.1, 0.15) is 29.4 Å². The number of aromatic nitrogens is 2. The molecule has 0 saturated carbocycles. The molecular formula is C14H17FN4O. The Hall–Kier alpha value is -2.37. The van der Waals surface area contributed by atoms with Crippen molar-refractivity contribution in [3.05, 3.63) is 47.5 Å². The third-order valence-electron chi connectivity index (χ3n) is 2.95. The minimum absolute atomic E-state index is 0.255. The Balaban J connectivity index is 2.12. The van der Waals surface area contributed by atoms with Crippen LogP contribution in [0.4, 0.5) is 10.1 Å². The van der Waals surface area contributed by atoms with Crippen LogP contribution < -0.4 is 11.1 Å². The molecule has 1 aromatic carbocycles. The maximum atomic E-state index is 13.7. The van der Waals surface area contributed by atoms with Crippen LogP contribution >= 0.6 is 0 Å². The van der Waals surface area contributed by atoms with E-state index in [0.29, 0.717) is 6.54 Å². The fourth-order valence-electron chi connectivity index (χ4n) is 1.92. The van der Waals surface area contributed by atoms with Crippen LogP contribution in [0.5, 0.6) is 0 Å². The zero-order valence-corrected chi connectivity index (χ0v) is 11.3. The molecule has 0 radical (unpaired) electrons. The molecule has 3 N–H and O–H groups in total. The van der Waals surface area contributed by atoms with Gasteiger partial charge in [0.05, 0.1) is 17.9 Å². The number of primary amides is 1. The maximum Gasteiger partial charge on any atom is 0.248 e. The number of carbonyl (C=O) groups excluding carboxylic acids is 1. The number of carbonyl (C=O) groups is 1. The molecule has 0 unspecified atom stereocenters. The molecule has 0 fully saturated rings. The second kappa shape index (κ2) is 6.18. The van der Waals surface area contributed by atoms with Gasteiger partial charge in [0, 0.05) is 18.3 Å². The maximum absolute atomic E-state index is 13.7. The van der Waals surface area contributed by atoms with Crippen molar-refractivity contribution in [2.75, 3.05) is 5.32 Å². The monoisotopic (exact) mass is 276 g/mol. The van der Waals surface area contributed by atoms with Crippen LogP contribution in [0.2, 0.25) is 0 Å². The highest BCUT2D eigenvalue weighted by Crippen LogP contribution is 2.17. The van der Waals surface area contributed by atoms with Gasteiger partial charge in [-0.05, 0) is 30.7 Å². The van der Waals surface area contributed by atoms with Gasteiger partial charge in [0.2, 0.25) is 5.91 Å². The molecular weight excluding hydrogens is 259 g/mol. The molecule has 1 amide bonds. The van der Waals surface area contributed by atoms with Crippen LogP contribution in [0, 0.1) is 5.82 Å². The first-order valence-electron chi connectivity index (χ1n) is 6.45. The molecule has 0 saturated heterocycles. The Morgan fingerprint density at radius 2 is 2.25 bits per heavy atom. The Labute approximate surface area is 116 Å². The summed E-state index contributed by atoms with van der Waals surface area (Å²) in [5, 5.41) is 7.16. The number of aryl methyl sites for hydroxylation is 1. The number of nitrogens with zero attached hydrogens (tertiary/aromatic N) is 2. The number of anilines is 1. The third kappa shape index (κ3) is 3.14. The first-order chi connectivity index (χ1) is 9.61. The molecule has 106 valence electrons. The highest BCUT2D eigenvalue weighted by atomic mass is 19.1. The number of nitrogens with two attached hydrogens (primary N) is 1. The number of rotatable bonds is 6. The van der Waals surface area contributed by atoms with Gasteiger partial charge >= 0.3 is 0 Å². The van der Waals surface area contributed by atoms with Gasteiger partial charge < -0.3 is 11.1 Å². The minimum Gasteiger partial charge on any atom is -0.377 e. The van der Waals surface area contributed by atoms with Gasteiger partial charge in [-0.3, -0.25) is 9.48 Å². The van der Waals surface area contributed by atoms with Gasteiger partial charge in [-0.15, -0.1) is 0 Å². The number of nitrogens with one attached hydrogen (secondary N) is 1. The summed E-state index contributed by atoms with van der Waals surface area (Å²) < 4.78 is 15.5. The molecule has 0 spiro atoms. The van der Waals surface area contributed by atoms with Crippen LogP contribution in [-0.2, 0) is 13.1 Å². The van der Waals surface area contributed by atoms with E-state index in [2.05, 4.69) is 17.3 Å². The molecule has 0 aliphatic heterocycles. The molecule has 0 bridgehead atoms. The molecule has 6 heteroatoms. The fourth-order valence-corrected chi connectivity index (χ4v) is 1.92. The Kier molecular flexibility index (Phi) is 4.34.